The van der Waals surface area contributed by atoms with Crippen molar-refractivity contribution >= 4 is 34.8 Å². The molecule has 0 aliphatic heterocycles. The molecule has 4 rings (SSSR count). The summed E-state index contributed by atoms with van der Waals surface area (Å²) in [5.41, 5.74) is 3.39. The van der Waals surface area contributed by atoms with E-state index in [4.69, 9.17) is 23.2 Å². The number of carbonyl (C=O) groups excluding carboxylic acids is 1. The molecule has 0 aliphatic carbocycles. The molecule has 152 valence electrons. The average Bonchev–Trinajstić information content (AvgIpc) is 3.18. The smallest absolute Gasteiger partial charge is 0.271 e. The molecule has 2 atom stereocenters. The molecule has 0 radical (unpaired) electrons. The van der Waals surface area contributed by atoms with E-state index in [0.29, 0.717) is 15.7 Å². The van der Waals surface area contributed by atoms with Crippen LogP contribution in [0.25, 0.3) is 5.65 Å². The van der Waals surface area contributed by atoms with Crippen LogP contribution in [0.2, 0.25) is 10.0 Å². The highest BCUT2D eigenvalue weighted by Crippen LogP contribution is 2.27. The van der Waals surface area contributed by atoms with Crippen molar-refractivity contribution in [3.63, 3.8) is 0 Å². The van der Waals surface area contributed by atoms with Gasteiger partial charge < -0.3 is 9.72 Å². The molecule has 1 amide bonds. The summed E-state index contributed by atoms with van der Waals surface area (Å²) >= 11 is 12.1. The maximum absolute atomic E-state index is 12.9. The van der Waals surface area contributed by atoms with Gasteiger partial charge in [0.15, 0.2) is 0 Å². The average molecular weight is 438 g/mol. The highest BCUT2D eigenvalue weighted by molar-refractivity contribution is 6.30. The van der Waals surface area contributed by atoms with Crippen LogP contribution < -0.4 is 5.32 Å². The fourth-order valence-corrected chi connectivity index (χ4v) is 3.85. The number of hydrogen-bond donors (Lipinski definition) is 1. The van der Waals surface area contributed by atoms with Crippen LogP contribution in [0, 0.1) is 0 Å². The Labute approximate surface area is 185 Å². The summed E-state index contributed by atoms with van der Waals surface area (Å²) in [4.78, 5) is 17.3. The van der Waals surface area contributed by atoms with Crippen molar-refractivity contribution in [2.45, 2.75) is 25.3 Å². The first kappa shape index (κ1) is 20.5. The molecule has 0 aliphatic rings. The van der Waals surface area contributed by atoms with E-state index in [2.05, 4.69) is 10.3 Å². The lowest BCUT2D eigenvalue weighted by Gasteiger charge is -2.25. The highest BCUT2D eigenvalue weighted by atomic mass is 35.5. The SMILES string of the molecule is CC(NC(=O)c1cn2ccccc2n1)C(Cc1ccc(Cl)cc1)c1ccc(Cl)cc1. The number of benzene rings is 2. The zero-order chi connectivity index (χ0) is 21.1. The number of aromatic nitrogens is 2. The molecule has 2 heterocycles. The number of nitrogens with zero attached hydrogens (tertiary/aromatic N) is 2. The van der Waals surface area contributed by atoms with Crippen molar-refractivity contribution in [2.75, 3.05) is 0 Å². The van der Waals surface area contributed by atoms with Crippen LogP contribution >= 0.6 is 23.2 Å². The molecule has 0 saturated carbocycles. The van der Waals surface area contributed by atoms with E-state index < -0.39 is 0 Å². The fourth-order valence-electron chi connectivity index (χ4n) is 3.59. The second kappa shape index (κ2) is 8.90. The maximum atomic E-state index is 12.9. The van der Waals surface area contributed by atoms with E-state index in [1.54, 1.807) is 6.20 Å². The lowest BCUT2D eigenvalue weighted by molar-refractivity contribution is 0.0930. The molecule has 1 N–H and O–H groups in total. The van der Waals surface area contributed by atoms with Gasteiger partial charge in [0.25, 0.3) is 5.91 Å². The van der Waals surface area contributed by atoms with Crippen molar-refractivity contribution in [1.82, 2.24) is 14.7 Å². The van der Waals surface area contributed by atoms with E-state index in [-0.39, 0.29) is 17.9 Å². The molecular weight excluding hydrogens is 417 g/mol. The largest absolute Gasteiger partial charge is 0.348 e. The molecule has 4 aromatic rings. The Morgan fingerprint density at radius 1 is 1.00 bits per heavy atom. The second-order valence-electron chi connectivity index (χ2n) is 7.34. The minimum Gasteiger partial charge on any atom is -0.348 e. The molecule has 30 heavy (non-hydrogen) atoms. The number of nitrogens with one attached hydrogen (secondary N) is 1. The van der Waals surface area contributed by atoms with Gasteiger partial charge in [0, 0.05) is 34.4 Å². The van der Waals surface area contributed by atoms with Crippen molar-refractivity contribution in [1.29, 1.82) is 0 Å². The second-order valence-corrected chi connectivity index (χ2v) is 8.22. The van der Waals surface area contributed by atoms with Gasteiger partial charge in [-0.1, -0.05) is 53.5 Å². The summed E-state index contributed by atoms with van der Waals surface area (Å²) in [5, 5.41) is 4.52. The van der Waals surface area contributed by atoms with Crippen molar-refractivity contribution < 1.29 is 4.79 Å². The first-order valence-corrected chi connectivity index (χ1v) is 10.5. The van der Waals surface area contributed by atoms with Crippen LogP contribution in [-0.4, -0.2) is 21.3 Å². The third-order valence-electron chi connectivity index (χ3n) is 5.23. The number of carbonyl (C=O) groups is 1. The molecule has 0 fully saturated rings. The zero-order valence-electron chi connectivity index (χ0n) is 16.4. The highest BCUT2D eigenvalue weighted by Gasteiger charge is 2.23. The summed E-state index contributed by atoms with van der Waals surface area (Å²) in [6, 6.07) is 21.1. The van der Waals surface area contributed by atoms with Gasteiger partial charge in [0.2, 0.25) is 0 Å². The number of rotatable bonds is 6. The third-order valence-corrected chi connectivity index (χ3v) is 5.73. The van der Waals surface area contributed by atoms with Gasteiger partial charge in [0.1, 0.15) is 11.3 Å². The molecule has 2 aromatic carbocycles. The molecular formula is C24H21Cl2N3O. The first-order valence-electron chi connectivity index (χ1n) is 9.74. The first-order chi connectivity index (χ1) is 14.5. The monoisotopic (exact) mass is 437 g/mol. The summed E-state index contributed by atoms with van der Waals surface area (Å²) in [5.74, 6) is -0.134. The van der Waals surface area contributed by atoms with Crippen LogP contribution in [0.5, 0.6) is 0 Å². The Morgan fingerprint density at radius 2 is 1.67 bits per heavy atom. The number of halogens is 2. The number of imidazole rings is 1. The predicted molar refractivity (Wildman–Crippen MR) is 121 cm³/mol. The van der Waals surface area contributed by atoms with Crippen molar-refractivity contribution in [3.8, 4) is 0 Å². The van der Waals surface area contributed by atoms with Crippen molar-refractivity contribution in [3.05, 3.63) is 106 Å². The summed E-state index contributed by atoms with van der Waals surface area (Å²) in [7, 11) is 0. The van der Waals surface area contributed by atoms with Crippen LogP contribution in [0.3, 0.4) is 0 Å². The summed E-state index contributed by atoms with van der Waals surface area (Å²) in [6.45, 7) is 2.02. The molecule has 6 heteroatoms. The molecule has 4 nitrogen and oxygen atoms in total. The minimum absolute atomic E-state index is 0.0597. The Kier molecular flexibility index (Phi) is 6.07. The normalized spacial score (nSPS) is 13.2. The van der Waals surface area contributed by atoms with Gasteiger partial charge in [0.05, 0.1) is 0 Å². The van der Waals surface area contributed by atoms with Crippen molar-refractivity contribution in [2.24, 2.45) is 0 Å². The fraction of sp³-hybridized carbons (Fsp3) is 0.167. The summed E-state index contributed by atoms with van der Waals surface area (Å²) in [6.07, 6.45) is 4.37. The summed E-state index contributed by atoms with van der Waals surface area (Å²) < 4.78 is 1.84. The lowest BCUT2D eigenvalue weighted by Crippen LogP contribution is -2.38. The number of amides is 1. The van der Waals surface area contributed by atoms with Gasteiger partial charge in [-0.3, -0.25) is 4.79 Å². The number of hydrogen-bond acceptors (Lipinski definition) is 2. The van der Waals surface area contributed by atoms with E-state index in [1.165, 1.54) is 0 Å². The van der Waals surface area contributed by atoms with Crippen LogP contribution in [-0.2, 0) is 6.42 Å². The number of fused-ring (bicyclic) bond motifs is 1. The lowest BCUT2D eigenvalue weighted by atomic mass is 9.86. The van der Waals surface area contributed by atoms with Crippen LogP contribution in [0.15, 0.2) is 79.1 Å². The molecule has 0 spiro atoms. The zero-order valence-corrected chi connectivity index (χ0v) is 17.9. The van der Waals surface area contributed by atoms with Gasteiger partial charge in [-0.05, 0) is 60.9 Å². The van der Waals surface area contributed by atoms with E-state index >= 15 is 0 Å². The molecule has 2 aromatic heterocycles. The minimum atomic E-state index is -0.193. The Bertz CT molecular complexity index is 1120. The topological polar surface area (TPSA) is 46.4 Å². The molecule has 0 bridgehead atoms. The quantitative estimate of drug-likeness (QED) is 0.415. The van der Waals surface area contributed by atoms with E-state index in [9.17, 15) is 4.79 Å². The van der Waals surface area contributed by atoms with E-state index in [1.807, 2.05) is 84.3 Å². The van der Waals surface area contributed by atoms with E-state index in [0.717, 1.165) is 23.2 Å². The molecule has 0 saturated heterocycles. The Morgan fingerprint density at radius 3 is 2.33 bits per heavy atom. The Balaban J connectivity index is 1.57. The van der Waals surface area contributed by atoms with Gasteiger partial charge >= 0.3 is 0 Å². The maximum Gasteiger partial charge on any atom is 0.271 e. The standard InChI is InChI=1S/C24H21Cl2N3O/c1-16(27-24(30)22-15-29-13-3-2-4-23(29)28-22)21(18-7-11-20(26)12-8-18)14-17-5-9-19(25)10-6-17/h2-13,15-16,21H,14H2,1H3,(H,27,30). The van der Waals surface area contributed by atoms with Gasteiger partial charge in [-0.2, -0.15) is 0 Å². The van der Waals surface area contributed by atoms with Crippen LogP contribution in [0.4, 0.5) is 0 Å². The molecule has 2 unspecified atom stereocenters. The Hall–Kier alpha value is -2.82. The van der Waals surface area contributed by atoms with Gasteiger partial charge in [-0.15, -0.1) is 0 Å². The third kappa shape index (κ3) is 4.66. The number of pyridine rings is 1. The predicted octanol–water partition coefficient (Wildman–Crippen LogP) is 5.79. The van der Waals surface area contributed by atoms with Gasteiger partial charge in [-0.25, -0.2) is 4.98 Å². The van der Waals surface area contributed by atoms with Crippen LogP contribution in [0.1, 0.15) is 34.5 Å².